The Bertz CT molecular complexity index is 857. The largest absolute Gasteiger partial charge is 0.465 e. The molecule has 3 fully saturated rings. The normalized spacial score (nSPS) is 26.2. The first-order valence-corrected chi connectivity index (χ1v) is 10.3. The fourth-order valence-electron chi connectivity index (χ4n) is 4.17. The molecular weight excluding hydrogens is 366 g/mol. The summed E-state index contributed by atoms with van der Waals surface area (Å²) in [5.74, 6) is 4.85. The fraction of sp³-hybridized carbons (Fsp3) is 0.500. The second-order valence-corrected chi connectivity index (χ2v) is 7.93. The number of carbonyl (C=O) groups is 2. The molecule has 3 aliphatic heterocycles. The lowest BCUT2D eigenvalue weighted by Crippen LogP contribution is -2.58. The molecule has 0 aromatic heterocycles. The highest BCUT2D eigenvalue weighted by Gasteiger charge is 2.44. The maximum Gasteiger partial charge on any atom is 0.316 e. The molecule has 2 atom stereocenters. The molecule has 5 nitrogen and oxygen atoms in total. The monoisotopic (exact) mass is 395 g/mol. The Morgan fingerprint density at radius 1 is 1.41 bits per heavy atom. The Hall–Kier alpha value is -2.42. The number of nitrogens with zero attached hydrogens (tertiary/aromatic N) is 1. The molecule has 1 aromatic rings. The van der Waals surface area contributed by atoms with Crippen LogP contribution in [0.5, 0.6) is 0 Å². The van der Waals surface area contributed by atoms with Crippen LogP contribution in [0.15, 0.2) is 30.9 Å². The van der Waals surface area contributed by atoms with Crippen molar-refractivity contribution < 1.29 is 19.4 Å². The van der Waals surface area contributed by atoms with Crippen molar-refractivity contribution in [2.75, 3.05) is 26.2 Å². The number of ketones is 1. The fourth-order valence-corrected chi connectivity index (χ4v) is 4.17. The van der Waals surface area contributed by atoms with Gasteiger partial charge in [-0.1, -0.05) is 24.0 Å². The average molecular weight is 395 g/mol. The molecule has 1 N–H and O–H groups in total. The number of carbonyl (C=O) groups excluding carboxylic acids is 2. The molecule has 0 spiro atoms. The number of esters is 1. The Balaban J connectivity index is 1.85. The third-order valence-electron chi connectivity index (χ3n) is 5.93. The SMILES string of the molecule is C=CCc1cc(C(=O)C(C)C(=O)OCC)ccc1C#CC1(O)CN2CCC1CC2. The van der Waals surface area contributed by atoms with E-state index in [0.29, 0.717) is 18.5 Å². The first-order chi connectivity index (χ1) is 13.9. The molecule has 3 heterocycles. The minimum atomic E-state index is -0.977. The molecule has 0 amide bonds. The van der Waals surface area contributed by atoms with E-state index in [1.165, 1.54) is 0 Å². The van der Waals surface area contributed by atoms with Crippen molar-refractivity contribution in [2.24, 2.45) is 11.8 Å². The zero-order valence-corrected chi connectivity index (χ0v) is 17.2. The van der Waals surface area contributed by atoms with Gasteiger partial charge in [0.25, 0.3) is 0 Å². The molecule has 5 heteroatoms. The minimum absolute atomic E-state index is 0.217. The van der Waals surface area contributed by atoms with Crippen molar-refractivity contribution >= 4 is 11.8 Å². The zero-order chi connectivity index (χ0) is 21.0. The first kappa shape index (κ1) is 21.3. The molecule has 0 saturated carbocycles. The minimum Gasteiger partial charge on any atom is -0.465 e. The quantitative estimate of drug-likeness (QED) is 0.264. The number of fused-ring (bicyclic) bond motifs is 3. The summed E-state index contributed by atoms with van der Waals surface area (Å²) < 4.78 is 4.96. The summed E-state index contributed by atoms with van der Waals surface area (Å²) in [6.45, 7) is 9.97. The van der Waals surface area contributed by atoms with Crippen molar-refractivity contribution in [3.8, 4) is 11.8 Å². The molecule has 4 rings (SSSR count). The number of rotatable bonds is 6. The smallest absolute Gasteiger partial charge is 0.316 e. The molecule has 2 bridgehead atoms. The van der Waals surface area contributed by atoms with E-state index in [1.807, 2.05) is 0 Å². The van der Waals surface area contributed by atoms with Crippen LogP contribution in [0.4, 0.5) is 0 Å². The molecular formula is C24H29NO4. The number of piperidine rings is 3. The van der Waals surface area contributed by atoms with Gasteiger partial charge in [0, 0.05) is 23.6 Å². The number of hydrogen-bond acceptors (Lipinski definition) is 5. The van der Waals surface area contributed by atoms with Gasteiger partial charge in [-0.05, 0) is 63.9 Å². The van der Waals surface area contributed by atoms with E-state index >= 15 is 0 Å². The Morgan fingerprint density at radius 2 is 2.14 bits per heavy atom. The van der Waals surface area contributed by atoms with Crippen molar-refractivity contribution in [1.29, 1.82) is 0 Å². The lowest BCUT2D eigenvalue weighted by Gasteiger charge is -2.47. The van der Waals surface area contributed by atoms with Crippen LogP contribution in [0.1, 0.15) is 48.2 Å². The van der Waals surface area contributed by atoms with E-state index in [-0.39, 0.29) is 18.3 Å². The maximum absolute atomic E-state index is 12.7. The van der Waals surface area contributed by atoms with Crippen LogP contribution < -0.4 is 0 Å². The Morgan fingerprint density at radius 3 is 2.72 bits per heavy atom. The molecule has 3 saturated heterocycles. The summed E-state index contributed by atoms with van der Waals surface area (Å²) in [5, 5.41) is 11.0. The summed E-state index contributed by atoms with van der Waals surface area (Å²) >= 11 is 0. The molecule has 0 radical (unpaired) electrons. The number of hydrogen-bond donors (Lipinski definition) is 1. The van der Waals surface area contributed by atoms with Gasteiger partial charge >= 0.3 is 5.97 Å². The van der Waals surface area contributed by atoms with Gasteiger partial charge in [-0.3, -0.25) is 14.5 Å². The number of aliphatic hydroxyl groups is 1. The van der Waals surface area contributed by atoms with Gasteiger partial charge in [-0.2, -0.15) is 0 Å². The summed E-state index contributed by atoms with van der Waals surface area (Å²) in [6, 6.07) is 5.25. The Kier molecular flexibility index (Phi) is 6.56. The van der Waals surface area contributed by atoms with Crippen LogP contribution >= 0.6 is 0 Å². The van der Waals surface area contributed by atoms with Crippen LogP contribution in [-0.2, 0) is 16.0 Å². The predicted molar refractivity (Wildman–Crippen MR) is 111 cm³/mol. The second kappa shape index (κ2) is 8.94. The molecule has 154 valence electrons. The van der Waals surface area contributed by atoms with E-state index < -0.39 is 17.5 Å². The van der Waals surface area contributed by atoms with Crippen LogP contribution in [0, 0.1) is 23.7 Å². The lowest BCUT2D eigenvalue weighted by atomic mass is 9.75. The third-order valence-corrected chi connectivity index (χ3v) is 5.93. The third kappa shape index (κ3) is 4.60. The highest BCUT2D eigenvalue weighted by Crippen LogP contribution is 2.35. The number of allylic oxidation sites excluding steroid dienone is 1. The number of ether oxygens (including phenoxy) is 1. The van der Waals surface area contributed by atoms with Gasteiger partial charge in [0.15, 0.2) is 5.78 Å². The second-order valence-electron chi connectivity index (χ2n) is 7.93. The van der Waals surface area contributed by atoms with Gasteiger partial charge in [0.05, 0.1) is 6.61 Å². The number of benzene rings is 1. The first-order valence-electron chi connectivity index (χ1n) is 10.3. The standard InChI is InChI=1S/C24H29NO4/c1-4-6-19-15-20(22(26)17(3)23(27)29-5-2)8-7-18(19)9-12-24(28)16-25-13-10-21(24)11-14-25/h4,7-8,15,17,21,28H,1,5-6,10-11,13-14,16H2,2-3H3. The van der Waals surface area contributed by atoms with E-state index in [1.54, 1.807) is 38.1 Å². The highest BCUT2D eigenvalue weighted by atomic mass is 16.5. The van der Waals surface area contributed by atoms with Gasteiger partial charge < -0.3 is 9.84 Å². The summed E-state index contributed by atoms with van der Waals surface area (Å²) in [5.41, 5.74) is 1.11. The topological polar surface area (TPSA) is 66.8 Å². The van der Waals surface area contributed by atoms with Crippen molar-refractivity contribution in [2.45, 2.75) is 38.7 Å². The average Bonchev–Trinajstić information content (AvgIpc) is 2.73. The molecule has 3 aliphatic rings. The van der Waals surface area contributed by atoms with Gasteiger partial charge in [-0.15, -0.1) is 6.58 Å². The maximum atomic E-state index is 12.7. The van der Waals surface area contributed by atoms with Crippen LogP contribution in [0.25, 0.3) is 0 Å². The van der Waals surface area contributed by atoms with Gasteiger partial charge in [0.2, 0.25) is 0 Å². The van der Waals surface area contributed by atoms with E-state index in [9.17, 15) is 14.7 Å². The van der Waals surface area contributed by atoms with Crippen LogP contribution in [0.2, 0.25) is 0 Å². The molecule has 2 unspecified atom stereocenters. The zero-order valence-electron chi connectivity index (χ0n) is 17.2. The number of Topliss-reactive ketones (excluding diaryl/α,β-unsaturated/α-hetero) is 1. The van der Waals surface area contributed by atoms with E-state index in [4.69, 9.17) is 4.74 Å². The lowest BCUT2D eigenvalue weighted by molar-refractivity contribution is -0.145. The summed E-state index contributed by atoms with van der Waals surface area (Å²) in [7, 11) is 0. The molecule has 1 aromatic carbocycles. The summed E-state index contributed by atoms with van der Waals surface area (Å²) in [6.07, 6.45) is 4.26. The Labute approximate surface area is 172 Å². The van der Waals surface area contributed by atoms with Crippen molar-refractivity contribution in [1.82, 2.24) is 4.90 Å². The highest BCUT2D eigenvalue weighted by molar-refractivity contribution is 6.08. The summed E-state index contributed by atoms with van der Waals surface area (Å²) in [4.78, 5) is 26.8. The molecule has 29 heavy (non-hydrogen) atoms. The van der Waals surface area contributed by atoms with E-state index in [2.05, 4.69) is 23.3 Å². The van der Waals surface area contributed by atoms with Crippen molar-refractivity contribution in [3.05, 3.63) is 47.5 Å². The van der Waals surface area contributed by atoms with Crippen molar-refractivity contribution in [3.63, 3.8) is 0 Å². The van der Waals surface area contributed by atoms with Crippen LogP contribution in [0.3, 0.4) is 0 Å². The van der Waals surface area contributed by atoms with Gasteiger partial charge in [0.1, 0.15) is 11.5 Å². The predicted octanol–water partition coefficient (Wildman–Crippen LogP) is 2.61. The van der Waals surface area contributed by atoms with E-state index in [0.717, 1.165) is 37.1 Å². The van der Waals surface area contributed by atoms with Crippen LogP contribution in [-0.4, -0.2) is 53.6 Å². The van der Waals surface area contributed by atoms with Gasteiger partial charge in [-0.25, -0.2) is 0 Å². The molecule has 0 aliphatic carbocycles.